The maximum Gasteiger partial charge on any atom is 0.251 e. The minimum atomic E-state index is -0.0318. The molecular formula is C19H21NO2. The third-order valence-corrected chi connectivity index (χ3v) is 4.40. The summed E-state index contributed by atoms with van der Waals surface area (Å²) in [6.45, 7) is 2.24. The van der Waals surface area contributed by atoms with Crippen molar-refractivity contribution in [3.05, 3.63) is 65.7 Å². The molecule has 2 aromatic carbocycles. The summed E-state index contributed by atoms with van der Waals surface area (Å²) in [4.78, 5) is 12.5. The highest BCUT2D eigenvalue weighted by Gasteiger charge is 2.40. The molecule has 0 spiro atoms. The van der Waals surface area contributed by atoms with Crippen LogP contribution in [0.2, 0.25) is 0 Å². The molecule has 2 aromatic rings. The predicted octanol–water partition coefficient (Wildman–Crippen LogP) is 3.82. The van der Waals surface area contributed by atoms with Gasteiger partial charge in [-0.2, -0.15) is 0 Å². The summed E-state index contributed by atoms with van der Waals surface area (Å²) < 4.78 is 5.13. The molecule has 1 N–H and O–H groups in total. The van der Waals surface area contributed by atoms with Crippen LogP contribution in [-0.4, -0.2) is 13.0 Å². The van der Waals surface area contributed by atoms with E-state index in [1.807, 2.05) is 30.3 Å². The summed E-state index contributed by atoms with van der Waals surface area (Å²) in [5.41, 5.74) is 1.84. The number of hydrogen-bond acceptors (Lipinski definition) is 2. The van der Waals surface area contributed by atoms with Gasteiger partial charge in [-0.25, -0.2) is 0 Å². The number of methoxy groups -OCH3 is 1. The van der Waals surface area contributed by atoms with Gasteiger partial charge in [-0.15, -0.1) is 0 Å². The molecule has 1 aliphatic carbocycles. The number of amides is 1. The van der Waals surface area contributed by atoms with Crippen molar-refractivity contribution in [2.24, 2.45) is 11.8 Å². The first kappa shape index (κ1) is 14.6. The van der Waals surface area contributed by atoms with Crippen LogP contribution in [-0.2, 0) is 0 Å². The molecule has 0 aromatic heterocycles. The van der Waals surface area contributed by atoms with Gasteiger partial charge in [-0.3, -0.25) is 4.79 Å². The zero-order valence-electron chi connectivity index (χ0n) is 13.0. The fraction of sp³-hybridized carbons (Fsp3) is 0.316. The Morgan fingerprint density at radius 2 is 1.77 bits per heavy atom. The average molecular weight is 295 g/mol. The number of carbonyl (C=O) groups is 1. The van der Waals surface area contributed by atoms with Gasteiger partial charge in [0.05, 0.1) is 13.2 Å². The fourth-order valence-electron chi connectivity index (χ4n) is 2.88. The first-order chi connectivity index (χ1) is 10.7. The number of carbonyl (C=O) groups excluding carboxylic acids is 1. The summed E-state index contributed by atoms with van der Waals surface area (Å²) in [5.74, 6) is 1.92. The summed E-state index contributed by atoms with van der Waals surface area (Å²) >= 11 is 0. The largest absolute Gasteiger partial charge is 0.497 e. The molecule has 1 aliphatic rings. The monoisotopic (exact) mass is 295 g/mol. The zero-order chi connectivity index (χ0) is 15.5. The van der Waals surface area contributed by atoms with E-state index in [2.05, 4.69) is 24.4 Å². The van der Waals surface area contributed by atoms with Crippen molar-refractivity contribution in [3.63, 3.8) is 0 Å². The van der Waals surface area contributed by atoms with Crippen molar-refractivity contribution < 1.29 is 9.53 Å². The molecular weight excluding hydrogens is 274 g/mol. The second-order valence-corrected chi connectivity index (χ2v) is 5.97. The third-order valence-electron chi connectivity index (χ3n) is 4.40. The summed E-state index contributed by atoms with van der Waals surface area (Å²) in [7, 11) is 1.62. The van der Waals surface area contributed by atoms with Gasteiger partial charge in [0, 0.05) is 5.56 Å². The van der Waals surface area contributed by atoms with Crippen LogP contribution in [0.1, 0.15) is 35.3 Å². The second kappa shape index (κ2) is 6.22. The van der Waals surface area contributed by atoms with E-state index in [-0.39, 0.29) is 11.9 Å². The van der Waals surface area contributed by atoms with E-state index in [0.29, 0.717) is 17.4 Å². The topological polar surface area (TPSA) is 38.3 Å². The normalized spacial score (nSPS) is 21.0. The van der Waals surface area contributed by atoms with E-state index in [4.69, 9.17) is 4.74 Å². The number of hydrogen-bond donors (Lipinski definition) is 1. The maximum absolute atomic E-state index is 12.5. The molecule has 0 aliphatic heterocycles. The predicted molar refractivity (Wildman–Crippen MR) is 86.9 cm³/mol. The third kappa shape index (κ3) is 3.14. The second-order valence-electron chi connectivity index (χ2n) is 5.97. The standard InChI is InChI=1S/C19H21NO2/c1-13-12-17(13)18(14-6-4-3-5-7-14)20-19(21)15-8-10-16(22-2)11-9-15/h3-11,13,17-18H,12H2,1-2H3,(H,20,21). The van der Waals surface area contributed by atoms with Crippen LogP contribution in [0.25, 0.3) is 0 Å². The van der Waals surface area contributed by atoms with Gasteiger partial charge < -0.3 is 10.1 Å². The van der Waals surface area contributed by atoms with Gasteiger partial charge in [0.2, 0.25) is 0 Å². The summed E-state index contributed by atoms with van der Waals surface area (Å²) in [5, 5.41) is 3.20. The highest BCUT2D eigenvalue weighted by Crippen LogP contribution is 2.47. The Hall–Kier alpha value is -2.29. The van der Waals surface area contributed by atoms with Crippen molar-refractivity contribution in [3.8, 4) is 5.75 Å². The van der Waals surface area contributed by atoms with Crippen molar-refractivity contribution in [1.29, 1.82) is 0 Å². The first-order valence-electron chi connectivity index (χ1n) is 7.69. The van der Waals surface area contributed by atoms with Gasteiger partial charge in [-0.05, 0) is 48.1 Å². The van der Waals surface area contributed by atoms with Gasteiger partial charge in [0.1, 0.15) is 5.75 Å². The van der Waals surface area contributed by atoms with Gasteiger partial charge in [0.25, 0.3) is 5.91 Å². The Morgan fingerprint density at radius 1 is 1.14 bits per heavy atom. The van der Waals surface area contributed by atoms with Crippen LogP contribution in [0.3, 0.4) is 0 Å². The molecule has 3 atom stereocenters. The van der Waals surface area contributed by atoms with E-state index in [0.717, 1.165) is 5.75 Å². The molecule has 1 amide bonds. The minimum Gasteiger partial charge on any atom is -0.497 e. The van der Waals surface area contributed by atoms with Crippen LogP contribution in [0.4, 0.5) is 0 Å². The number of rotatable bonds is 5. The minimum absolute atomic E-state index is 0.0318. The van der Waals surface area contributed by atoms with E-state index in [9.17, 15) is 4.79 Å². The lowest BCUT2D eigenvalue weighted by Gasteiger charge is -2.19. The van der Waals surface area contributed by atoms with Crippen molar-refractivity contribution in [1.82, 2.24) is 5.32 Å². The molecule has 0 saturated heterocycles. The summed E-state index contributed by atoms with van der Waals surface area (Å²) in [6.07, 6.45) is 1.17. The Balaban J connectivity index is 1.76. The highest BCUT2D eigenvalue weighted by atomic mass is 16.5. The van der Waals surface area contributed by atoms with Crippen molar-refractivity contribution >= 4 is 5.91 Å². The molecule has 3 nitrogen and oxygen atoms in total. The Labute approximate surface area is 131 Å². The molecule has 0 bridgehead atoms. The van der Waals surface area contributed by atoms with Gasteiger partial charge in [-0.1, -0.05) is 37.3 Å². The van der Waals surface area contributed by atoms with Crippen LogP contribution in [0.5, 0.6) is 5.75 Å². The van der Waals surface area contributed by atoms with Crippen LogP contribution < -0.4 is 10.1 Å². The molecule has 3 heteroatoms. The Kier molecular flexibility index (Phi) is 4.14. The van der Waals surface area contributed by atoms with Gasteiger partial charge in [0.15, 0.2) is 0 Å². The van der Waals surface area contributed by atoms with Crippen LogP contribution in [0.15, 0.2) is 54.6 Å². The Morgan fingerprint density at radius 3 is 2.32 bits per heavy atom. The number of nitrogens with one attached hydrogen (secondary N) is 1. The van der Waals surface area contributed by atoms with Crippen molar-refractivity contribution in [2.75, 3.05) is 7.11 Å². The smallest absolute Gasteiger partial charge is 0.251 e. The molecule has 114 valence electrons. The molecule has 0 heterocycles. The lowest BCUT2D eigenvalue weighted by molar-refractivity contribution is 0.0930. The fourth-order valence-corrected chi connectivity index (χ4v) is 2.88. The van der Waals surface area contributed by atoms with E-state index >= 15 is 0 Å². The average Bonchev–Trinajstić information content (AvgIpc) is 3.29. The maximum atomic E-state index is 12.5. The van der Waals surface area contributed by atoms with E-state index < -0.39 is 0 Å². The molecule has 22 heavy (non-hydrogen) atoms. The number of ether oxygens (including phenoxy) is 1. The van der Waals surface area contributed by atoms with Crippen LogP contribution >= 0.6 is 0 Å². The van der Waals surface area contributed by atoms with Gasteiger partial charge >= 0.3 is 0 Å². The molecule has 1 fully saturated rings. The highest BCUT2D eigenvalue weighted by molar-refractivity contribution is 5.94. The molecule has 3 unspecified atom stereocenters. The summed E-state index contributed by atoms with van der Waals surface area (Å²) in [6, 6.07) is 17.5. The molecule has 1 saturated carbocycles. The van der Waals surface area contributed by atoms with E-state index in [1.165, 1.54) is 12.0 Å². The number of benzene rings is 2. The van der Waals surface area contributed by atoms with Crippen molar-refractivity contribution in [2.45, 2.75) is 19.4 Å². The lowest BCUT2D eigenvalue weighted by Crippen LogP contribution is -2.30. The lowest BCUT2D eigenvalue weighted by atomic mass is 10.0. The molecule has 3 rings (SSSR count). The quantitative estimate of drug-likeness (QED) is 0.910. The van der Waals surface area contributed by atoms with E-state index in [1.54, 1.807) is 19.2 Å². The molecule has 0 radical (unpaired) electrons. The zero-order valence-corrected chi connectivity index (χ0v) is 13.0. The Bertz CT molecular complexity index is 636. The van der Waals surface area contributed by atoms with Crippen LogP contribution in [0, 0.1) is 11.8 Å². The first-order valence-corrected chi connectivity index (χ1v) is 7.69. The SMILES string of the molecule is COc1ccc(C(=O)NC(c2ccccc2)C2CC2C)cc1.